The number of esters is 1. The van der Waals surface area contributed by atoms with Crippen LogP contribution in [0.2, 0.25) is 0 Å². The summed E-state index contributed by atoms with van der Waals surface area (Å²) >= 11 is 0. The number of ether oxygens (including phenoxy) is 2. The maximum absolute atomic E-state index is 12.2. The topological polar surface area (TPSA) is 47.6 Å². The summed E-state index contributed by atoms with van der Waals surface area (Å²) in [6, 6.07) is 0. The van der Waals surface area contributed by atoms with Crippen molar-refractivity contribution in [1.82, 2.24) is 5.32 Å². The van der Waals surface area contributed by atoms with E-state index in [1.165, 1.54) is 7.11 Å². The molecule has 20 heavy (non-hydrogen) atoms. The SMILES string of the molecule is CCCC(C)OCCC1CCCC1(NCC)C(=O)OC. The van der Waals surface area contributed by atoms with Gasteiger partial charge in [-0.3, -0.25) is 4.79 Å². The highest BCUT2D eigenvalue weighted by atomic mass is 16.5. The minimum Gasteiger partial charge on any atom is -0.468 e. The average molecular weight is 285 g/mol. The summed E-state index contributed by atoms with van der Waals surface area (Å²) in [7, 11) is 1.48. The van der Waals surface area contributed by atoms with Gasteiger partial charge in [0.05, 0.1) is 13.2 Å². The van der Waals surface area contributed by atoms with E-state index in [1.54, 1.807) is 0 Å². The van der Waals surface area contributed by atoms with Crippen LogP contribution in [0.5, 0.6) is 0 Å². The molecule has 1 fully saturated rings. The van der Waals surface area contributed by atoms with Crippen molar-refractivity contribution < 1.29 is 14.3 Å². The average Bonchev–Trinajstić information content (AvgIpc) is 2.83. The van der Waals surface area contributed by atoms with Crippen LogP contribution in [0.25, 0.3) is 0 Å². The second kappa shape index (κ2) is 8.63. The van der Waals surface area contributed by atoms with Gasteiger partial charge in [-0.2, -0.15) is 0 Å². The van der Waals surface area contributed by atoms with Crippen LogP contribution in [0.1, 0.15) is 59.3 Å². The van der Waals surface area contributed by atoms with Crippen LogP contribution in [-0.2, 0) is 14.3 Å². The molecule has 118 valence electrons. The normalized spacial score (nSPS) is 27.5. The number of likely N-dealkylation sites (N-methyl/N-ethyl adjacent to an activating group) is 1. The molecule has 0 bridgehead atoms. The zero-order valence-electron chi connectivity index (χ0n) is 13.5. The number of carbonyl (C=O) groups excluding carboxylic acids is 1. The quantitative estimate of drug-likeness (QED) is 0.662. The predicted molar refractivity (Wildman–Crippen MR) is 80.7 cm³/mol. The molecule has 0 aromatic rings. The van der Waals surface area contributed by atoms with Crippen LogP contribution >= 0.6 is 0 Å². The zero-order valence-corrected chi connectivity index (χ0v) is 13.5. The number of hydrogen-bond acceptors (Lipinski definition) is 4. The third-order valence-corrected chi connectivity index (χ3v) is 4.43. The molecule has 1 saturated carbocycles. The Kier molecular flexibility index (Phi) is 7.52. The van der Waals surface area contributed by atoms with Gasteiger partial charge >= 0.3 is 5.97 Å². The molecule has 1 N–H and O–H groups in total. The minimum atomic E-state index is -0.485. The lowest BCUT2D eigenvalue weighted by Crippen LogP contribution is -2.55. The second-order valence-corrected chi connectivity index (χ2v) is 5.84. The molecule has 3 atom stereocenters. The van der Waals surface area contributed by atoms with E-state index in [4.69, 9.17) is 9.47 Å². The van der Waals surface area contributed by atoms with Gasteiger partial charge in [0.2, 0.25) is 0 Å². The first-order chi connectivity index (χ1) is 9.60. The van der Waals surface area contributed by atoms with Gasteiger partial charge in [-0.25, -0.2) is 0 Å². The Morgan fingerprint density at radius 3 is 2.80 bits per heavy atom. The van der Waals surface area contributed by atoms with Crippen LogP contribution in [0.3, 0.4) is 0 Å². The molecule has 0 aromatic carbocycles. The van der Waals surface area contributed by atoms with Gasteiger partial charge < -0.3 is 14.8 Å². The minimum absolute atomic E-state index is 0.108. The highest BCUT2D eigenvalue weighted by Gasteiger charge is 2.48. The maximum Gasteiger partial charge on any atom is 0.326 e. The molecule has 1 aliphatic rings. The summed E-state index contributed by atoms with van der Waals surface area (Å²) in [6.45, 7) is 7.86. The highest BCUT2D eigenvalue weighted by molar-refractivity contribution is 5.81. The Balaban J connectivity index is 2.55. The van der Waals surface area contributed by atoms with Gasteiger partial charge in [0.25, 0.3) is 0 Å². The van der Waals surface area contributed by atoms with Crippen molar-refractivity contribution in [1.29, 1.82) is 0 Å². The molecule has 4 heteroatoms. The van der Waals surface area contributed by atoms with Crippen molar-refractivity contribution in [3.8, 4) is 0 Å². The lowest BCUT2D eigenvalue weighted by Gasteiger charge is -2.33. The fraction of sp³-hybridized carbons (Fsp3) is 0.938. The van der Waals surface area contributed by atoms with Crippen molar-refractivity contribution in [3.05, 3.63) is 0 Å². The first-order valence-electron chi connectivity index (χ1n) is 8.05. The molecule has 0 saturated heterocycles. The highest BCUT2D eigenvalue weighted by Crippen LogP contribution is 2.39. The van der Waals surface area contributed by atoms with E-state index < -0.39 is 5.54 Å². The Morgan fingerprint density at radius 2 is 2.20 bits per heavy atom. The van der Waals surface area contributed by atoms with Crippen LogP contribution < -0.4 is 5.32 Å². The van der Waals surface area contributed by atoms with Crippen LogP contribution in [0, 0.1) is 5.92 Å². The van der Waals surface area contributed by atoms with Gasteiger partial charge in [0, 0.05) is 6.61 Å². The van der Waals surface area contributed by atoms with Crippen LogP contribution in [0.4, 0.5) is 0 Å². The first-order valence-corrected chi connectivity index (χ1v) is 8.05. The molecule has 0 aliphatic heterocycles. The molecule has 3 unspecified atom stereocenters. The van der Waals surface area contributed by atoms with Gasteiger partial charge in [-0.1, -0.05) is 26.7 Å². The van der Waals surface area contributed by atoms with E-state index in [-0.39, 0.29) is 5.97 Å². The molecule has 0 spiro atoms. The van der Waals surface area contributed by atoms with Crippen molar-refractivity contribution in [3.63, 3.8) is 0 Å². The fourth-order valence-electron chi connectivity index (χ4n) is 3.44. The number of nitrogens with one attached hydrogen (secondary N) is 1. The Hall–Kier alpha value is -0.610. The van der Waals surface area contributed by atoms with Gasteiger partial charge in [0.1, 0.15) is 5.54 Å². The van der Waals surface area contributed by atoms with Crippen LogP contribution in [0.15, 0.2) is 0 Å². The van der Waals surface area contributed by atoms with Gasteiger partial charge in [-0.05, 0) is 45.1 Å². The molecule has 0 amide bonds. The van der Waals surface area contributed by atoms with E-state index in [2.05, 4.69) is 19.2 Å². The summed E-state index contributed by atoms with van der Waals surface area (Å²) in [5.74, 6) is 0.215. The summed E-state index contributed by atoms with van der Waals surface area (Å²) in [6.07, 6.45) is 6.52. The summed E-state index contributed by atoms with van der Waals surface area (Å²) < 4.78 is 10.9. The molecular formula is C16H31NO3. The second-order valence-electron chi connectivity index (χ2n) is 5.84. The van der Waals surface area contributed by atoms with Crippen molar-refractivity contribution in [2.75, 3.05) is 20.3 Å². The van der Waals surface area contributed by atoms with Crippen molar-refractivity contribution in [2.45, 2.75) is 70.9 Å². The lowest BCUT2D eigenvalue weighted by molar-refractivity contribution is -0.150. The number of rotatable bonds is 9. The Labute approximate surface area is 123 Å². The molecule has 0 radical (unpaired) electrons. The monoisotopic (exact) mass is 285 g/mol. The number of methoxy groups -OCH3 is 1. The predicted octanol–water partition coefficient (Wildman–Crippen LogP) is 2.90. The third-order valence-electron chi connectivity index (χ3n) is 4.43. The molecule has 0 heterocycles. The smallest absolute Gasteiger partial charge is 0.326 e. The lowest BCUT2D eigenvalue weighted by atomic mass is 9.84. The molecule has 1 rings (SSSR count). The molecule has 0 aromatic heterocycles. The largest absolute Gasteiger partial charge is 0.468 e. The molecule has 1 aliphatic carbocycles. The third kappa shape index (κ3) is 4.19. The number of carbonyl (C=O) groups is 1. The van der Waals surface area contributed by atoms with E-state index in [1.807, 2.05) is 6.92 Å². The standard InChI is InChI=1S/C16H31NO3/c1-5-8-13(3)20-12-10-14-9-7-11-16(14,17-6-2)15(18)19-4/h13-14,17H,5-12H2,1-4H3. The zero-order chi connectivity index (χ0) is 15.0. The Bertz CT molecular complexity index is 295. The van der Waals surface area contributed by atoms with E-state index in [0.29, 0.717) is 12.0 Å². The van der Waals surface area contributed by atoms with Crippen LogP contribution in [-0.4, -0.2) is 37.9 Å². The molecular weight excluding hydrogens is 254 g/mol. The van der Waals surface area contributed by atoms with E-state index in [9.17, 15) is 4.79 Å². The maximum atomic E-state index is 12.2. The van der Waals surface area contributed by atoms with Crippen molar-refractivity contribution in [2.24, 2.45) is 5.92 Å². The van der Waals surface area contributed by atoms with E-state index in [0.717, 1.165) is 51.7 Å². The summed E-state index contributed by atoms with van der Waals surface area (Å²) in [4.78, 5) is 12.2. The summed E-state index contributed by atoms with van der Waals surface area (Å²) in [5.41, 5.74) is -0.485. The Morgan fingerprint density at radius 1 is 1.45 bits per heavy atom. The van der Waals surface area contributed by atoms with Crippen molar-refractivity contribution >= 4 is 5.97 Å². The van der Waals surface area contributed by atoms with E-state index >= 15 is 0 Å². The fourth-order valence-corrected chi connectivity index (χ4v) is 3.44. The first kappa shape index (κ1) is 17.4. The van der Waals surface area contributed by atoms with Gasteiger partial charge in [-0.15, -0.1) is 0 Å². The summed E-state index contributed by atoms with van der Waals surface area (Å²) in [5, 5.41) is 3.39. The van der Waals surface area contributed by atoms with Gasteiger partial charge in [0.15, 0.2) is 0 Å². The number of hydrogen-bond donors (Lipinski definition) is 1. The molecule has 4 nitrogen and oxygen atoms in total.